The van der Waals surface area contributed by atoms with Crippen LogP contribution in [0.4, 0.5) is 10.1 Å². The van der Waals surface area contributed by atoms with Gasteiger partial charge in [0.05, 0.1) is 5.69 Å². The van der Waals surface area contributed by atoms with E-state index in [0.717, 1.165) is 19.4 Å². The monoisotopic (exact) mass is 394 g/mol. The zero-order chi connectivity index (χ0) is 16.7. The highest BCUT2D eigenvalue weighted by molar-refractivity contribution is 9.10. The summed E-state index contributed by atoms with van der Waals surface area (Å²) in [5.41, 5.74) is 1.70. The fourth-order valence-electron chi connectivity index (χ4n) is 2.30. The number of thiocarbonyl (C=S) groups is 1. The van der Waals surface area contributed by atoms with Gasteiger partial charge >= 0.3 is 0 Å². The second-order valence-electron chi connectivity index (χ2n) is 5.42. The van der Waals surface area contributed by atoms with Gasteiger partial charge in [-0.2, -0.15) is 0 Å². The van der Waals surface area contributed by atoms with Crippen LogP contribution >= 0.6 is 28.1 Å². The topological polar surface area (TPSA) is 24.1 Å². The van der Waals surface area contributed by atoms with Gasteiger partial charge in [0.2, 0.25) is 0 Å². The maximum atomic E-state index is 13.8. The van der Waals surface area contributed by atoms with E-state index < -0.39 is 0 Å². The molecule has 122 valence electrons. The van der Waals surface area contributed by atoms with Crippen molar-refractivity contribution in [2.45, 2.75) is 19.8 Å². The van der Waals surface area contributed by atoms with Crippen LogP contribution in [-0.4, -0.2) is 11.7 Å². The van der Waals surface area contributed by atoms with Gasteiger partial charge in [-0.05, 0) is 48.3 Å². The van der Waals surface area contributed by atoms with Crippen LogP contribution in [0.5, 0.6) is 0 Å². The maximum absolute atomic E-state index is 13.8. The van der Waals surface area contributed by atoms with E-state index in [1.54, 1.807) is 12.1 Å². The molecule has 0 aliphatic heterocycles. The van der Waals surface area contributed by atoms with Crippen LogP contribution in [0.2, 0.25) is 0 Å². The Labute approximate surface area is 150 Å². The molecule has 0 fully saturated rings. The van der Waals surface area contributed by atoms with E-state index in [1.165, 1.54) is 11.6 Å². The van der Waals surface area contributed by atoms with Crippen LogP contribution in [0, 0.1) is 11.7 Å². The van der Waals surface area contributed by atoms with Crippen LogP contribution in [0.25, 0.3) is 0 Å². The Morgan fingerprint density at radius 1 is 1.22 bits per heavy atom. The summed E-state index contributed by atoms with van der Waals surface area (Å²) < 4.78 is 14.5. The Bertz CT molecular complexity index is 649. The summed E-state index contributed by atoms with van der Waals surface area (Å²) in [6.45, 7) is 2.93. The molecule has 0 aromatic heterocycles. The van der Waals surface area contributed by atoms with Gasteiger partial charge in [0.15, 0.2) is 5.11 Å². The first-order chi connectivity index (χ1) is 11.1. The molecule has 5 heteroatoms. The Hall–Kier alpha value is -1.46. The van der Waals surface area contributed by atoms with Crippen LogP contribution < -0.4 is 10.6 Å². The molecule has 0 radical (unpaired) electrons. The van der Waals surface area contributed by atoms with Crippen molar-refractivity contribution in [3.63, 3.8) is 0 Å². The molecule has 0 unspecified atom stereocenters. The first-order valence-electron chi connectivity index (χ1n) is 7.62. The number of halogens is 2. The number of nitrogens with one attached hydrogen (secondary N) is 2. The van der Waals surface area contributed by atoms with Gasteiger partial charge in [-0.15, -0.1) is 0 Å². The van der Waals surface area contributed by atoms with E-state index in [1.807, 2.05) is 6.07 Å². The van der Waals surface area contributed by atoms with E-state index in [2.05, 4.69) is 57.8 Å². The van der Waals surface area contributed by atoms with E-state index >= 15 is 0 Å². The van der Waals surface area contributed by atoms with E-state index in [-0.39, 0.29) is 5.82 Å². The quantitative estimate of drug-likeness (QED) is 0.662. The summed E-state index contributed by atoms with van der Waals surface area (Å²) in [6.07, 6.45) is 2.05. The minimum absolute atomic E-state index is 0.333. The third-order valence-electron chi connectivity index (χ3n) is 3.68. The lowest BCUT2D eigenvalue weighted by atomic mass is 9.97. The predicted octanol–water partition coefficient (Wildman–Crippen LogP) is 5.14. The molecule has 0 bridgehead atoms. The average molecular weight is 395 g/mol. The fraction of sp³-hybridized carbons (Fsp3) is 0.278. The van der Waals surface area contributed by atoms with Crippen molar-refractivity contribution in [3.8, 4) is 0 Å². The normalized spacial score (nSPS) is 11.8. The molecule has 2 rings (SSSR count). The van der Waals surface area contributed by atoms with Crippen molar-refractivity contribution in [2.75, 3.05) is 11.9 Å². The number of benzene rings is 2. The number of hydrogen-bond acceptors (Lipinski definition) is 1. The zero-order valence-corrected chi connectivity index (χ0v) is 15.4. The molecule has 2 N–H and O–H groups in total. The van der Waals surface area contributed by atoms with Gasteiger partial charge in [-0.1, -0.05) is 59.6 Å². The average Bonchev–Trinajstić information content (AvgIpc) is 2.55. The van der Waals surface area contributed by atoms with Gasteiger partial charge in [0.25, 0.3) is 0 Å². The molecule has 2 aromatic carbocycles. The van der Waals surface area contributed by atoms with Crippen molar-refractivity contribution in [1.82, 2.24) is 5.32 Å². The second kappa shape index (κ2) is 8.99. The van der Waals surface area contributed by atoms with Crippen molar-refractivity contribution in [3.05, 3.63) is 64.4 Å². The third-order valence-corrected chi connectivity index (χ3v) is 4.41. The molecular weight excluding hydrogens is 375 g/mol. The molecule has 0 heterocycles. The highest BCUT2D eigenvalue weighted by atomic mass is 79.9. The fourth-order valence-corrected chi connectivity index (χ4v) is 2.83. The van der Waals surface area contributed by atoms with Crippen molar-refractivity contribution in [2.24, 2.45) is 5.92 Å². The van der Waals surface area contributed by atoms with Crippen LogP contribution in [-0.2, 0) is 6.42 Å². The SMILES string of the molecule is CC[C@@H](CNC(=S)Nc1ccc(Br)cc1F)Cc1ccccc1. The van der Waals surface area contributed by atoms with Gasteiger partial charge in [0.1, 0.15) is 5.82 Å². The van der Waals surface area contributed by atoms with Gasteiger partial charge in [-0.3, -0.25) is 0 Å². The molecule has 0 saturated carbocycles. The van der Waals surface area contributed by atoms with E-state index in [4.69, 9.17) is 12.2 Å². The maximum Gasteiger partial charge on any atom is 0.170 e. The lowest BCUT2D eigenvalue weighted by Crippen LogP contribution is -2.33. The Balaban J connectivity index is 1.84. The third kappa shape index (κ3) is 5.92. The molecule has 0 amide bonds. The van der Waals surface area contributed by atoms with Crippen LogP contribution in [0.15, 0.2) is 53.0 Å². The Kier molecular flexibility index (Phi) is 6.99. The molecule has 23 heavy (non-hydrogen) atoms. The number of rotatable bonds is 6. The Morgan fingerprint density at radius 3 is 2.61 bits per heavy atom. The Morgan fingerprint density at radius 2 is 1.96 bits per heavy atom. The summed E-state index contributed by atoms with van der Waals surface area (Å²) >= 11 is 8.50. The van der Waals surface area contributed by atoms with Crippen molar-refractivity contribution >= 4 is 38.9 Å². The summed E-state index contributed by atoms with van der Waals surface area (Å²) in [5.74, 6) is 0.145. The minimum Gasteiger partial charge on any atom is -0.362 e. The van der Waals surface area contributed by atoms with Crippen molar-refractivity contribution < 1.29 is 4.39 Å². The smallest absolute Gasteiger partial charge is 0.170 e. The molecule has 2 aromatic rings. The molecule has 0 saturated heterocycles. The van der Waals surface area contributed by atoms with Gasteiger partial charge < -0.3 is 10.6 Å². The summed E-state index contributed by atoms with van der Waals surface area (Å²) in [4.78, 5) is 0. The standard InChI is InChI=1S/C18H20BrFN2S/c1-2-13(10-14-6-4-3-5-7-14)12-21-18(23)22-17-9-8-15(19)11-16(17)20/h3-9,11,13H,2,10,12H2,1H3,(H2,21,22,23)/t13-/m1/s1. The molecule has 0 aliphatic carbocycles. The zero-order valence-electron chi connectivity index (χ0n) is 13.0. The molecule has 0 spiro atoms. The molecule has 1 atom stereocenters. The highest BCUT2D eigenvalue weighted by Crippen LogP contribution is 2.19. The predicted molar refractivity (Wildman–Crippen MR) is 102 cm³/mol. The molecular formula is C18H20BrFN2S. The summed E-state index contributed by atoms with van der Waals surface area (Å²) in [6, 6.07) is 15.2. The first-order valence-corrected chi connectivity index (χ1v) is 8.82. The molecule has 2 nitrogen and oxygen atoms in total. The number of hydrogen-bond donors (Lipinski definition) is 2. The van der Waals surface area contributed by atoms with E-state index in [0.29, 0.717) is 21.2 Å². The lowest BCUT2D eigenvalue weighted by Gasteiger charge is -2.18. The highest BCUT2D eigenvalue weighted by Gasteiger charge is 2.09. The minimum atomic E-state index is -0.333. The lowest BCUT2D eigenvalue weighted by molar-refractivity contribution is 0.498. The van der Waals surface area contributed by atoms with Crippen molar-refractivity contribution in [1.29, 1.82) is 0 Å². The van der Waals surface area contributed by atoms with Gasteiger partial charge in [-0.25, -0.2) is 4.39 Å². The first kappa shape index (κ1) is 17.9. The number of anilines is 1. The van der Waals surface area contributed by atoms with Gasteiger partial charge in [0, 0.05) is 11.0 Å². The van der Waals surface area contributed by atoms with Crippen LogP contribution in [0.3, 0.4) is 0 Å². The molecule has 0 aliphatic rings. The van der Waals surface area contributed by atoms with E-state index in [9.17, 15) is 4.39 Å². The largest absolute Gasteiger partial charge is 0.362 e. The second-order valence-corrected chi connectivity index (χ2v) is 6.75. The summed E-state index contributed by atoms with van der Waals surface area (Å²) in [7, 11) is 0. The van der Waals surface area contributed by atoms with Crippen LogP contribution in [0.1, 0.15) is 18.9 Å². The summed E-state index contributed by atoms with van der Waals surface area (Å²) in [5, 5.41) is 6.53.